The van der Waals surface area contributed by atoms with Gasteiger partial charge in [-0.15, -0.1) is 0 Å². The van der Waals surface area contributed by atoms with Crippen LogP contribution in [-0.4, -0.2) is 12.4 Å². The maximum atomic E-state index is 13.2. The molecule has 0 amide bonds. The Bertz CT molecular complexity index is 1350. The number of benzene rings is 3. The van der Waals surface area contributed by atoms with Gasteiger partial charge in [0.1, 0.15) is 0 Å². The highest BCUT2D eigenvalue weighted by molar-refractivity contribution is 7.90. The van der Waals surface area contributed by atoms with Gasteiger partial charge in [-0.05, 0) is 60.4 Å². The van der Waals surface area contributed by atoms with E-state index in [1.807, 2.05) is 56.3 Å². The van der Waals surface area contributed by atoms with Crippen LogP contribution in [0.25, 0.3) is 0 Å². The van der Waals surface area contributed by atoms with E-state index < -0.39 is 10.0 Å². The molecule has 4 rings (SSSR count). The molecule has 0 aliphatic heterocycles. The molecule has 0 N–H and O–H groups in total. The number of nitrogens with zero attached hydrogens (tertiary/aromatic N) is 2. The molecular formula is C26H22N2O2S. The van der Waals surface area contributed by atoms with Crippen molar-refractivity contribution in [2.24, 2.45) is 0 Å². The van der Waals surface area contributed by atoms with Crippen molar-refractivity contribution >= 4 is 10.0 Å². The molecule has 0 fully saturated rings. The predicted molar refractivity (Wildman–Crippen MR) is 121 cm³/mol. The SMILES string of the molecule is Cc1ccc(S(=O)(=O)n2cc(C)c(C(c3ccccc3)c3ccc(C#N)cc3)c2)cc1. The first-order chi connectivity index (χ1) is 14.9. The molecule has 1 atom stereocenters. The van der Waals surface area contributed by atoms with Gasteiger partial charge >= 0.3 is 0 Å². The largest absolute Gasteiger partial charge is 0.267 e. The van der Waals surface area contributed by atoms with Crippen LogP contribution >= 0.6 is 0 Å². The topological polar surface area (TPSA) is 62.9 Å². The summed E-state index contributed by atoms with van der Waals surface area (Å²) >= 11 is 0. The Balaban J connectivity index is 1.84. The minimum atomic E-state index is -3.69. The van der Waals surface area contributed by atoms with Crippen molar-refractivity contribution in [3.05, 3.63) is 125 Å². The van der Waals surface area contributed by atoms with E-state index >= 15 is 0 Å². The molecule has 5 heteroatoms. The van der Waals surface area contributed by atoms with Gasteiger partial charge < -0.3 is 0 Å². The number of nitriles is 1. The average molecular weight is 427 g/mol. The molecule has 3 aromatic carbocycles. The van der Waals surface area contributed by atoms with Crippen molar-refractivity contribution in [2.75, 3.05) is 0 Å². The highest BCUT2D eigenvalue weighted by Gasteiger charge is 2.24. The van der Waals surface area contributed by atoms with Gasteiger partial charge in [0, 0.05) is 18.3 Å². The first-order valence-corrected chi connectivity index (χ1v) is 11.4. The summed E-state index contributed by atoms with van der Waals surface area (Å²) in [6, 6.07) is 26.4. The highest BCUT2D eigenvalue weighted by Crippen LogP contribution is 2.35. The van der Waals surface area contributed by atoms with Crippen molar-refractivity contribution in [1.82, 2.24) is 3.97 Å². The van der Waals surface area contributed by atoms with Crippen LogP contribution < -0.4 is 0 Å². The Kier molecular flexibility index (Phi) is 5.50. The zero-order valence-corrected chi connectivity index (χ0v) is 18.2. The molecule has 0 bridgehead atoms. The quantitative estimate of drug-likeness (QED) is 0.430. The van der Waals surface area contributed by atoms with E-state index in [4.69, 9.17) is 5.26 Å². The fourth-order valence-corrected chi connectivity index (χ4v) is 5.03. The molecule has 0 saturated heterocycles. The fraction of sp³-hybridized carbons (Fsp3) is 0.115. The lowest BCUT2D eigenvalue weighted by atomic mass is 9.85. The third-order valence-corrected chi connectivity index (χ3v) is 7.09. The van der Waals surface area contributed by atoms with Gasteiger partial charge in [-0.1, -0.05) is 60.2 Å². The van der Waals surface area contributed by atoms with Crippen LogP contribution in [0.2, 0.25) is 0 Å². The zero-order chi connectivity index (χ0) is 22.0. The van der Waals surface area contributed by atoms with Gasteiger partial charge in [0.15, 0.2) is 0 Å². The summed E-state index contributed by atoms with van der Waals surface area (Å²) in [4.78, 5) is 0.259. The maximum absolute atomic E-state index is 13.2. The molecule has 0 aliphatic rings. The van der Waals surface area contributed by atoms with Crippen LogP contribution in [0.15, 0.2) is 96.2 Å². The molecule has 1 unspecified atom stereocenters. The summed E-state index contributed by atoms with van der Waals surface area (Å²) in [7, 11) is -3.69. The number of aryl methyl sites for hydroxylation is 2. The van der Waals surface area contributed by atoms with Crippen LogP contribution in [0, 0.1) is 25.2 Å². The Morgan fingerprint density at radius 2 is 1.42 bits per heavy atom. The summed E-state index contributed by atoms with van der Waals surface area (Å²) in [5, 5.41) is 9.14. The molecule has 154 valence electrons. The Labute approximate surface area is 183 Å². The maximum Gasteiger partial charge on any atom is 0.267 e. The third kappa shape index (κ3) is 4.03. The summed E-state index contributed by atoms with van der Waals surface area (Å²) in [6.07, 6.45) is 3.38. The molecule has 0 aliphatic carbocycles. The first-order valence-electron chi connectivity index (χ1n) is 9.96. The second kappa shape index (κ2) is 8.25. The average Bonchev–Trinajstić information content (AvgIpc) is 3.17. The molecule has 1 aromatic heterocycles. The molecule has 4 nitrogen and oxygen atoms in total. The lowest BCUT2D eigenvalue weighted by Crippen LogP contribution is -2.11. The lowest BCUT2D eigenvalue weighted by Gasteiger charge is -2.18. The van der Waals surface area contributed by atoms with E-state index in [9.17, 15) is 8.42 Å². The standard InChI is InChI=1S/C26H22N2O2S/c1-19-8-14-24(15-9-19)31(29,30)28-17-20(2)25(18-28)26(22-6-4-3-5-7-22)23-12-10-21(16-27)11-13-23/h3-15,17-18,26H,1-2H3. The monoisotopic (exact) mass is 426 g/mol. The number of hydrogen-bond donors (Lipinski definition) is 0. The smallest absolute Gasteiger partial charge is 0.248 e. The molecule has 0 spiro atoms. The predicted octanol–water partition coefficient (Wildman–Crippen LogP) is 5.39. The van der Waals surface area contributed by atoms with E-state index in [0.29, 0.717) is 5.56 Å². The second-order valence-electron chi connectivity index (χ2n) is 7.62. The van der Waals surface area contributed by atoms with Crippen molar-refractivity contribution in [2.45, 2.75) is 24.7 Å². The molecule has 4 aromatic rings. The van der Waals surface area contributed by atoms with Gasteiger partial charge in [0.2, 0.25) is 0 Å². The van der Waals surface area contributed by atoms with Crippen molar-refractivity contribution in [3.8, 4) is 6.07 Å². The number of hydrogen-bond acceptors (Lipinski definition) is 3. The third-order valence-electron chi connectivity index (χ3n) is 5.46. The van der Waals surface area contributed by atoms with Gasteiger partial charge in [0.05, 0.1) is 16.5 Å². The minimum Gasteiger partial charge on any atom is -0.248 e. The molecule has 0 saturated carbocycles. The second-order valence-corrected chi connectivity index (χ2v) is 9.47. The molecule has 1 heterocycles. The summed E-state index contributed by atoms with van der Waals surface area (Å²) in [5.74, 6) is -0.150. The summed E-state index contributed by atoms with van der Waals surface area (Å²) in [5.41, 5.74) is 5.44. The van der Waals surface area contributed by atoms with E-state index in [1.54, 1.807) is 48.8 Å². The van der Waals surface area contributed by atoms with Crippen molar-refractivity contribution in [3.63, 3.8) is 0 Å². The Morgan fingerprint density at radius 3 is 2.03 bits per heavy atom. The van der Waals surface area contributed by atoms with Crippen LogP contribution in [0.3, 0.4) is 0 Å². The fourth-order valence-electron chi connectivity index (χ4n) is 3.76. The zero-order valence-electron chi connectivity index (χ0n) is 17.4. The van der Waals surface area contributed by atoms with Crippen LogP contribution in [0.1, 0.15) is 39.3 Å². The van der Waals surface area contributed by atoms with E-state index in [2.05, 4.69) is 6.07 Å². The van der Waals surface area contributed by atoms with Gasteiger partial charge in [0.25, 0.3) is 10.0 Å². The van der Waals surface area contributed by atoms with E-state index in [1.165, 1.54) is 3.97 Å². The van der Waals surface area contributed by atoms with Gasteiger partial charge in [-0.3, -0.25) is 0 Å². The number of rotatable bonds is 5. The highest BCUT2D eigenvalue weighted by atomic mass is 32.2. The molecule has 31 heavy (non-hydrogen) atoms. The normalized spacial score (nSPS) is 12.3. The number of aromatic nitrogens is 1. The molecule has 0 radical (unpaired) electrons. The lowest BCUT2D eigenvalue weighted by molar-refractivity contribution is 0.587. The summed E-state index contributed by atoms with van der Waals surface area (Å²) < 4.78 is 27.7. The van der Waals surface area contributed by atoms with Gasteiger partial charge in [-0.25, -0.2) is 12.4 Å². The van der Waals surface area contributed by atoms with Gasteiger partial charge in [-0.2, -0.15) is 5.26 Å². The van der Waals surface area contributed by atoms with Crippen LogP contribution in [0.4, 0.5) is 0 Å². The van der Waals surface area contributed by atoms with Crippen molar-refractivity contribution < 1.29 is 8.42 Å². The summed E-state index contributed by atoms with van der Waals surface area (Å²) in [6.45, 7) is 3.85. The van der Waals surface area contributed by atoms with Crippen LogP contribution in [0.5, 0.6) is 0 Å². The first kappa shape index (κ1) is 20.6. The van der Waals surface area contributed by atoms with E-state index in [0.717, 1.165) is 27.8 Å². The van der Waals surface area contributed by atoms with E-state index in [-0.39, 0.29) is 10.8 Å². The Hall–Kier alpha value is -3.62. The minimum absolute atomic E-state index is 0.150. The molecular weight excluding hydrogens is 404 g/mol. The van der Waals surface area contributed by atoms with Crippen molar-refractivity contribution in [1.29, 1.82) is 5.26 Å². The Morgan fingerprint density at radius 1 is 0.806 bits per heavy atom. The van der Waals surface area contributed by atoms with Crippen LogP contribution in [-0.2, 0) is 10.0 Å².